The van der Waals surface area contributed by atoms with Crippen LogP contribution in [0, 0.1) is 6.92 Å². The van der Waals surface area contributed by atoms with Crippen LogP contribution in [0.4, 0.5) is 11.5 Å². The second-order valence-electron chi connectivity index (χ2n) is 6.12. The molecule has 0 aliphatic carbocycles. The SMILES string of the molecule is CC(=O)N1CCN(c2cc(C(=O)Nc3cccc(Cl)c3)nc(C)n2)CC1. The van der Waals surface area contributed by atoms with Crippen molar-refractivity contribution < 1.29 is 9.59 Å². The van der Waals surface area contributed by atoms with Gasteiger partial charge in [0, 0.05) is 49.9 Å². The van der Waals surface area contributed by atoms with Gasteiger partial charge < -0.3 is 15.1 Å². The molecular formula is C18H20ClN5O2. The number of carbonyl (C=O) groups excluding carboxylic acids is 2. The smallest absolute Gasteiger partial charge is 0.274 e. The van der Waals surface area contributed by atoms with E-state index in [1.54, 1.807) is 49.1 Å². The number of rotatable bonds is 3. The van der Waals surface area contributed by atoms with E-state index >= 15 is 0 Å². The number of aryl methyl sites for hydroxylation is 1. The second-order valence-corrected chi connectivity index (χ2v) is 6.55. The lowest BCUT2D eigenvalue weighted by atomic mass is 10.2. The Bertz CT molecular complexity index is 834. The summed E-state index contributed by atoms with van der Waals surface area (Å²) < 4.78 is 0. The summed E-state index contributed by atoms with van der Waals surface area (Å²) in [5.74, 6) is 0.969. The Balaban J connectivity index is 1.75. The molecule has 0 bridgehead atoms. The lowest BCUT2D eigenvalue weighted by Gasteiger charge is -2.35. The number of hydrogen-bond donors (Lipinski definition) is 1. The third kappa shape index (κ3) is 4.29. The van der Waals surface area contributed by atoms with Gasteiger partial charge in [-0.05, 0) is 25.1 Å². The van der Waals surface area contributed by atoms with E-state index < -0.39 is 0 Å². The van der Waals surface area contributed by atoms with Crippen LogP contribution < -0.4 is 10.2 Å². The number of piperazine rings is 1. The van der Waals surface area contributed by atoms with Crippen LogP contribution in [-0.4, -0.2) is 52.9 Å². The summed E-state index contributed by atoms with van der Waals surface area (Å²) in [5.41, 5.74) is 0.900. The highest BCUT2D eigenvalue weighted by Crippen LogP contribution is 2.18. The van der Waals surface area contributed by atoms with Gasteiger partial charge in [-0.15, -0.1) is 0 Å². The van der Waals surface area contributed by atoms with Gasteiger partial charge in [0.15, 0.2) is 0 Å². The first kappa shape index (κ1) is 18.1. The first-order valence-corrected chi connectivity index (χ1v) is 8.73. The molecule has 0 radical (unpaired) electrons. The highest BCUT2D eigenvalue weighted by Gasteiger charge is 2.21. The first-order valence-electron chi connectivity index (χ1n) is 8.35. The third-order valence-electron chi connectivity index (χ3n) is 4.19. The molecule has 7 nitrogen and oxygen atoms in total. The Morgan fingerprint density at radius 1 is 1.12 bits per heavy atom. The Morgan fingerprint density at radius 2 is 1.85 bits per heavy atom. The zero-order valence-electron chi connectivity index (χ0n) is 14.7. The lowest BCUT2D eigenvalue weighted by Crippen LogP contribution is -2.48. The van der Waals surface area contributed by atoms with Crippen molar-refractivity contribution in [2.24, 2.45) is 0 Å². The van der Waals surface area contributed by atoms with E-state index in [9.17, 15) is 9.59 Å². The second kappa shape index (κ2) is 7.70. The van der Waals surface area contributed by atoms with E-state index in [0.29, 0.717) is 54.2 Å². The Morgan fingerprint density at radius 3 is 2.50 bits per heavy atom. The quantitative estimate of drug-likeness (QED) is 0.893. The van der Waals surface area contributed by atoms with E-state index in [4.69, 9.17) is 11.6 Å². The summed E-state index contributed by atoms with van der Waals surface area (Å²) >= 11 is 5.95. The first-order chi connectivity index (χ1) is 12.4. The lowest BCUT2D eigenvalue weighted by molar-refractivity contribution is -0.129. The van der Waals surface area contributed by atoms with Gasteiger partial charge in [0.1, 0.15) is 17.3 Å². The van der Waals surface area contributed by atoms with Crippen LogP contribution >= 0.6 is 11.6 Å². The molecule has 2 heterocycles. The molecule has 1 aliphatic heterocycles. The maximum atomic E-state index is 12.5. The van der Waals surface area contributed by atoms with E-state index in [1.807, 2.05) is 0 Å². The summed E-state index contributed by atoms with van der Waals surface area (Å²) in [6.07, 6.45) is 0. The topological polar surface area (TPSA) is 78.4 Å². The van der Waals surface area contributed by atoms with Crippen LogP contribution in [0.3, 0.4) is 0 Å². The van der Waals surface area contributed by atoms with Gasteiger partial charge in [-0.1, -0.05) is 17.7 Å². The predicted octanol–water partition coefficient (Wildman–Crippen LogP) is 2.36. The van der Waals surface area contributed by atoms with E-state index in [-0.39, 0.29) is 11.8 Å². The van der Waals surface area contributed by atoms with Crippen LogP contribution in [0.5, 0.6) is 0 Å². The summed E-state index contributed by atoms with van der Waals surface area (Å²) in [6.45, 7) is 5.95. The van der Waals surface area contributed by atoms with E-state index in [1.165, 1.54) is 0 Å². The fourth-order valence-electron chi connectivity index (χ4n) is 2.84. The highest BCUT2D eigenvalue weighted by molar-refractivity contribution is 6.30. The maximum absolute atomic E-state index is 12.5. The van der Waals surface area contributed by atoms with Crippen LogP contribution in [0.25, 0.3) is 0 Å². The van der Waals surface area contributed by atoms with Crippen molar-refractivity contribution in [2.45, 2.75) is 13.8 Å². The molecule has 0 spiro atoms. The number of nitrogens with zero attached hydrogens (tertiary/aromatic N) is 4. The fraction of sp³-hybridized carbons (Fsp3) is 0.333. The van der Waals surface area contributed by atoms with Crippen molar-refractivity contribution in [1.82, 2.24) is 14.9 Å². The number of carbonyl (C=O) groups is 2. The standard InChI is InChI=1S/C18H20ClN5O2/c1-12-20-16(18(26)22-15-5-3-4-14(19)10-15)11-17(21-12)24-8-6-23(7-9-24)13(2)25/h3-5,10-11H,6-9H2,1-2H3,(H,22,26). The molecule has 1 aromatic heterocycles. The molecule has 0 saturated carbocycles. The van der Waals surface area contributed by atoms with Gasteiger partial charge in [-0.25, -0.2) is 9.97 Å². The molecule has 2 amide bonds. The van der Waals surface area contributed by atoms with Gasteiger partial charge >= 0.3 is 0 Å². The summed E-state index contributed by atoms with van der Waals surface area (Å²) in [7, 11) is 0. The molecule has 8 heteroatoms. The van der Waals surface area contributed by atoms with Crippen molar-refractivity contribution in [2.75, 3.05) is 36.4 Å². The molecule has 2 aromatic rings. The number of halogens is 1. The van der Waals surface area contributed by atoms with Gasteiger partial charge in [-0.2, -0.15) is 0 Å². The molecule has 136 valence electrons. The van der Waals surface area contributed by atoms with Gasteiger partial charge in [0.05, 0.1) is 0 Å². The zero-order chi connectivity index (χ0) is 18.7. The zero-order valence-corrected chi connectivity index (χ0v) is 15.5. The number of hydrogen-bond acceptors (Lipinski definition) is 5. The third-order valence-corrected chi connectivity index (χ3v) is 4.42. The van der Waals surface area contributed by atoms with Crippen molar-refractivity contribution >= 4 is 34.9 Å². The molecule has 1 fully saturated rings. The predicted molar refractivity (Wildman–Crippen MR) is 101 cm³/mol. The molecule has 1 aromatic carbocycles. The number of benzene rings is 1. The number of nitrogens with one attached hydrogen (secondary N) is 1. The van der Waals surface area contributed by atoms with Crippen molar-refractivity contribution in [3.63, 3.8) is 0 Å². The Labute approximate surface area is 157 Å². The number of amides is 2. The Hall–Kier alpha value is -2.67. The monoisotopic (exact) mass is 373 g/mol. The minimum Gasteiger partial charge on any atom is -0.353 e. The number of aromatic nitrogens is 2. The van der Waals surface area contributed by atoms with Gasteiger partial charge in [-0.3, -0.25) is 9.59 Å². The average molecular weight is 374 g/mol. The summed E-state index contributed by atoms with van der Waals surface area (Å²) in [4.78, 5) is 36.5. The van der Waals surface area contributed by atoms with Crippen LogP contribution in [-0.2, 0) is 4.79 Å². The normalized spacial score (nSPS) is 14.3. The largest absolute Gasteiger partial charge is 0.353 e. The minimum absolute atomic E-state index is 0.0742. The molecule has 0 unspecified atom stereocenters. The van der Waals surface area contributed by atoms with Gasteiger partial charge in [0.2, 0.25) is 5.91 Å². The molecule has 3 rings (SSSR count). The summed E-state index contributed by atoms with van der Waals surface area (Å²) in [5, 5.41) is 3.34. The summed E-state index contributed by atoms with van der Waals surface area (Å²) in [6, 6.07) is 8.62. The number of anilines is 2. The van der Waals surface area contributed by atoms with Crippen LogP contribution in [0.2, 0.25) is 5.02 Å². The molecule has 26 heavy (non-hydrogen) atoms. The molecule has 0 atom stereocenters. The highest BCUT2D eigenvalue weighted by atomic mass is 35.5. The molecular weight excluding hydrogens is 354 g/mol. The van der Waals surface area contributed by atoms with Gasteiger partial charge in [0.25, 0.3) is 5.91 Å². The molecule has 1 saturated heterocycles. The van der Waals surface area contributed by atoms with Crippen LogP contribution in [0.15, 0.2) is 30.3 Å². The van der Waals surface area contributed by atoms with E-state index in [0.717, 1.165) is 0 Å². The van der Waals surface area contributed by atoms with Crippen LogP contribution in [0.1, 0.15) is 23.2 Å². The minimum atomic E-state index is -0.318. The maximum Gasteiger partial charge on any atom is 0.274 e. The average Bonchev–Trinajstić information content (AvgIpc) is 2.61. The molecule has 1 N–H and O–H groups in total. The van der Waals surface area contributed by atoms with Crippen molar-refractivity contribution in [1.29, 1.82) is 0 Å². The van der Waals surface area contributed by atoms with Crippen molar-refractivity contribution in [3.05, 3.63) is 46.9 Å². The van der Waals surface area contributed by atoms with Crippen molar-refractivity contribution in [3.8, 4) is 0 Å². The fourth-order valence-corrected chi connectivity index (χ4v) is 3.03. The van der Waals surface area contributed by atoms with E-state index in [2.05, 4.69) is 20.2 Å². The molecule has 1 aliphatic rings. The Kier molecular flexibility index (Phi) is 5.37.